The zero-order valence-corrected chi connectivity index (χ0v) is 16.7. The van der Waals surface area contributed by atoms with Crippen molar-refractivity contribution in [3.05, 3.63) is 23.5 Å². The molecule has 0 saturated heterocycles. The number of rotatable bonds is 2. The minimum absolute atomic E-state index is 0.0621. The predicted molar refractivity (Wildman–Crippen MR) is 100 cm³/mol. The van der Waals surface area contributed by atoms with Gasteiger partial charge in [-0.25, -0.2) is 4.39 Å². The summed E-state index contributed by atoms with van der Waals surface area (Å²) < 4.78 is 16.8. The van der Waals surface area contributed by atoms with E-state index in [1.54, 1.807) is 13.8 Å². The van der Waals surface area contributed by atoms with Gasteiger partial charge in [-0.15, -0.1) is 0 Å². The molecule has 0 spiro atoms. The van der Waals surface area contributed by atoms with E-state index in [1.807, 2.05) is 6.92 Å². The molecule has 28 heavy (non-hydrogen) atoms. The third-order valence-corrected chi connectivity index (χ3v) is 8.95. The maximum Gasteiger partial charge on any atom is 0.190 e. The molecule has 5 nitrogen and oxygen atoms in total. The number of halogens is 1. The molecule has 0 aromatic heterocycles. The number of hydrogen-bond acceptors (Lipinski definition) is 5. The number of aliphatic hydroxyl groups excluding tert-OH is 2. The van der Waals surface area contributed by atoms with Crippen LogP contribution in [0.4, 0.5) is 4.39 Å². The first-order valence-electron chi connectivity index (χ1n) is 10.2. The van der Waals surface area contributed by atoms with Crippen LogP contribution in [0, 0.1) is 28.6 Å². The lowest BCUT2D eigenvalue weighted by molar-refractivity contribution is -0.188. The SMILES string of the molecule is C[C@@H]1C[C@H]2[C@@H]3CCC4=CC(O)=CC(=O)[C@@]4(C)[C@@]3(F)CC[C@]2(C)[C@@]1(O)C(=O)CO. The minimum atomic E-state index is -1.79. The summed E-state index contributed by atoms with van der Waals surface area (Å²) >= 11 is 0. The van der Waals surface area contributed by atoms with E-state index in [9.17, 15) is 24.9 Å². The van der Waals surface area contributed by atoms with Gasteiger partial charge in [-0.2, -0.15) is 0 Å². The van der Waals surface area contributed by atoms with Gasteiger partial charge >= 0.3 is 0 Å². The Morgan fingerprint density at radius 1 is 1.25 bits per heavy atom. The molecule has 6 heteroatoms. The van der Waals surface area contributed by atoms with Crippen LogP contribution in [0.15, 0.2) is 23.5 Å². The van der Waals surface area contributed by atoms with E-state index >= 15 is 4.39 Å². The molecule has 3 saturated carbocycles. The number of carbonyl (C=O) groups excluding carboxylic acids is 2. The number of aliphatic hydroxyl groups is 3. The summed E-state index contributed by atoms with van der Waals surface area (Å²) in [7, 11) is 0. The quantitative estimate of drug-likeness (QED) is 0.672. The largest absolute Gasteiger partial charge is 0.508 e. The van der Waals surface area contributed by atoms with Crippen molar-refractivity contribution in [2.75, 3.05) is 6.61 Å². The lowest BCUT2D eigenvalue weighted by Crippen LogP contribution is -2.65. The first kappa shape index (κ1) is 19.8. The monoisotopic (exact) mass is 392 g/mol. The van der Waals surface area contributed by atoms with Gasteiger partial charge in [0.15, 0.2) is 11.6 Å². The van der Waals surface area contributed by atoms with E-state index in [0.29, 0.717) is 24.8 Å². The highest BCUT2D eigenvalue weighted by Gasteiger charge is 2.74. The van der Waals surface area contributed by atoms with Crippen molar-refractivity contribution >= 4 is 11.6 Å². The summed E-state index contributed by atoms with van der Waals surface area (Å²) in [5.41, 5.74) is -5.00. The maximum absolute atomic E-state index is 16.8. The fourth-order valence-electron chi connectivity index (χ4n) is 7.26. The van der Waals surface area contributed by atoms with Gasteiger partial charge in [-0.3, -0.25) is 9.59 Å². The van der Waals surface area contributed by atoms with E-state index in [1.165, 1.54) is 6.08 Å². The normalized spacial score (nSPS) is 50.2. The van der Waals surface area contributed by atoms with Crippen molar-refractivity contribution < 1.29 is 29.3 Å². The Morgan fingerprint density at radius 2 is 1.93 bits per heavy atom. The number of ketones is 2. The molecule has 7 atom stereocenters. The molecule has 3 N–H and O–H groups in total. The smallest absolute Gasteiger partial charge is 0.190 e. The second-order valence-corrected chi connectivity index (χ2v) is 9.74. The third-order valence-electron chi connectivity index (χ3n) is 8.95. The molecule has 0 aromatic carbocycles. The van der Waals surface area contributed by atoms with Gasteiger partial charge < -0.3 is 15.3 Å². The van der Waals surface area contributed by atoms with Crippen LogP contribution in [0.5, 0.6) is 0 Å². The molecule has 4 aliphatic rings. The number of Topliss-reactive ketones (excluding diaryl/α,β-unsaturated/α-hetero) is 1. The predicted octanol–water partition coefficient (Wildman–Crippen LogP) is 2.81. The standard InChI is InChI=1S/C22H29FO5/c1-12-8-16-15-5-4-13-9-14(25)10-17(26)20(13,3)21(15,23)7-6-19(16,2)22(12,28)18(27)11-24/h9-10,12,15-16,24-25,28H,4-8,11H2,1-3H3/t12-,15+,16+,19+,20+,21-,22+/m1/s1. The van der Waals surface area contributed by atoms with Crippen LogP contribution in [0.1, 0.15) is 52.9 Å². The Bertz CT molecular complexity index is 818. The van der Waals surface area contributed by atoms with Crippen molar-refractivity contribution in [1.29, 1.82) is 0 Å². The zero-order chi connectivity index (χ0) is 20.7. The molecule has 4 aliphatic carbocycles. The molecular formula is C22H29FO5. The second-order valence-electron chi connectivity index (χ2n) is 9.74. The van der Waals surface area contributed by atoms with Crippen molar-refractivity contribution in [2.45, 2.75) is 64.1 Å². The molecule has 0 heterocycles. The molecule has 154 valence electrons. The number of hydrogen-bond donors (Lipinski definition) is 3. The minimum Gasteiger partial charge on any atom is -0.508 e. The first-order valence-corrected chi connectivity index (χ1v) is 10.2. The lowest BCUT2D eigenvalue weighted by Gasteiger charge is -2.60. The van der Waals surface area contributed by atoms with Gasteiger partial charge in [0.2, 0.25) is 0 Å². The molecule has 0 radical (unpaired) electrons. The van der Waals surface area contributed by atoms with Gasteiger partial charge in [0.25, 0.3) is 0 Å². The number of alkyl halides is 1. The van der Waals surface area contributed by atoms with Gasteiger partial charge in [0, 0.05) is 11.5 Å². The maximum atomic E-state index is 16.8. The van der Waals surface area contributed by atoms with E-state index in [4.69, 9.17) is 0 Å². The van der Waals surface area contributed by atoms with Gasteiger partial charge in [0.1, 0.15) is 23.6 Å². The zero-order valence-electron chi connectivity index (χ0n) is 16.7. The number of carbonyl (C=O) groups is 2. The van der Waals surface area contributed by atoms with Crippen LogP contribution in [-0.4, -0.2) is 44.8 Å². The van der Waals surface area contributed by atoms with Crippen LogP contribution in [0.2, 0.25) is 0 Å². The van der Waals surface area contributed by atoms with Crippen LogP contribution in [0.25, 0.3) is 0 Å². The molecule has 0 aromatic rings. The van der Waals surface area contributed by atoms with E-state index in [2.05, 4.69) is 0 Å². The first-order chi connectivity index (χ1) is 13.0. The van der Waals surface area contributed by atoms with Crippen molar-refractivity contribution in [3.8, 4) is 0 Å². The third kappa shape index (κ3) is 1.98. The van der Waals surface area contributed by atoms with Crippen molar-refractivity contribution in [3.63, 3.8) is 0 Å². The Morgan fingerprint density at radius 3 is 2.57 bits per heavy atom. The van der Waals surface area contributed by atoms with E-state index in [0.717, 1.165) is 6.08 Å². The van der Waals surface area contributed by atoms with Crippen molar-refractivity contribution in [1.82, 2.24) is 0 Å². The average molecular weight is 392 g/mol. The van der Waals surface area contributed by atoms with Crippen LogP contribution in [-0.2, 0) is 9.59 Å². The highest BCUT2D eigenvalue weighted by molar-refractivity contribution is 6.00. The molecule has 0 amide bonds. The number of allylic oxidation sites excluding steroid dienone is 3. The summed E-state index contributed by atoms with van der Waals surface area (Å²) in [6.45, 7) is 4.54. The highest BCUT2D eigenvalue weighted by Crippen LogP contribution is 2.70. The van der Waals surface area contributed by atoms with Gasteiger partial charge in [-0.05, 0) is 68.4 Å². The summed E-state index contributed by atoms with van der Waals surface area (Å²) in [6, 6.07) is 0. The summed E-state index contributed by atoms with van der Waals surface area (Å²) in [6.07, 6.45) is 4.47. The molecular weight excluding hydrogens is 363 g/mol. The summed E-state index contributed by atoms with van der Waals surface area (Å²) in [5, 5.41) is 30.7. The Hall–Kier alpha value is -1.53. The van der Waals surface area contributed by atoms with E-state index < -0.39 is 46.2 Å². The number of fused-ring (bicyclic) bond motifs is 5. The average Bonchev–Trinajstić information content (AvgIpc) is 2.85. The fourth-order valence-corrected chi connectivity index (χ4v) is 7.26. The van der Waals surface area contributed by atoms with Gasteiger partial charge in [-0.1, -0.05) is 13.8 Å². The van der Waals surface area contributed by atoms with Crippen LogP contribution < -0.4 is 0 Å². The Labute approximate surface area is 164 Å². The molecule has 4 rings (SSSR count). The van der Waals surface area contributed by atoms with Crippen LogP contribution >= 0.6 is 0 Å². The lowest BCUT2D eigenvalue weighted by atomic mass is 9.45. The highest BCUT2D eigenvalue weighted by atomic mass is 19.1. The molecule has 3 fully saturated rings. The Balaban J connectivity index is 1.80. The molecule has 0 unspecified atom stereocenters. The summed E-state index contributed by atoms with van der Waals surface area (Å²) in [5.74, 6) is -2.24. The van der Waals surface area contributed by atoms with Gasteiger partial charge in [0.05, 0.1) is 5.41 Å². The Kier molecular flexibility index (Phi) is 4.07. The van der Waals surface area contributed by atoms with Crippen molar-refractivity contribution in [2.24, 2.45) is 28.6 Å². The second kappa shape index (κ2) is 5.76. The van der Waals surface area contributed by atoms with Crippen LogP contribution in [0.3, 0.4) is 0 Å². The summed E-state index contributed by atoms with van der Waals surface area (Å²) in [4.78, 5) is 25.4. The molecule has 0 aliphatic heterocycles. The van der Waals surface area contributed by atoms with E-state index in [-0.39, 0.29) is 30.4 Å². The molecule has 0 bridgehead atoms. The topological polar surface area (TPSA) is 94.8 Å². The fraction of sp³-hybridized carbons (Fsp3) is 0.727.